The molecule has 1 heterocycles. The van der Waals surface area contributed by atoms with Gasteiger partial charge in [0.2, 0.25) is 0 Å². The van der Waals surface area contributed by atoms with Crippen LogP contribution in [0.1, 0.15) is 21.6 Å². The Labute approximate surface area is 128 Å². The van der Waals surface area contributed by atoms with Crippen LogP contribution in [0.25, 0.3) is 10.9 Å². The van der Waals surface area contributed by atoms with Gasteiger partial charge >= 0.3 is 0 Å². The minimum absolute atomic E-state index is 0.0218. The zero-order valence-electron chi connectivity index (χ0n) is 11.6. The molecule has 0 aliphatic carbocycles. The van der Waals surface area contributed by atoms with E-state index in [0.717, 1.165) is 22.0 Å². The Kier molecular flexibility index (Phi) is 3.72. The summed E-state index contributed by atoms with van der Waals surface area (Å²) in [5.41, 5.74) is 3.23. The fraction of sp³-hybridized carbons (Fsp3) is 0.111. The Morgan fingerprint density at radius 3 is 2.71 bits per heavy atom. The maximum atomic E-state index is 12.4. The molecule has 0 spiro atoms. The number of carbonyl (C=O) groups is 1. The highest BCUT2D eigenvalue weighted by Gasteiger charge is 2.11. The van der Waals surface area contributed by atoms with Crippen molar-refractivity contribution in [2.75, 3.05) is 0 Å². The van der Waals surface area contributed by atoms with Crippen molar-refractivity contribution in [2.45, 2.75) is 13.3 Å². The molecule has 0 saturated carbocycles. The quantitative estimate of drug-likeness (QED) is 0.660. The van der Waals surface area contributed by atoms with Crippen molar-refractivity contribution in [3.05, 3.63) is 76.4 Å². The van der Waals surface area contributed by atoms with Crippen LogP contribution >= 0.6 is 11.6 Å². The number of para-hydroxylation sites is 1. The van der Waals surface area contributed by atoms with E-state index in [9.17, 15) is 4.79 Å². The molecule has 0 bridgehead atoms. The normalized spacial score (nSPS) is 10.8. The summed E-state index contributed by atoms with van der Waals surface area (Å²) in [6.07, 6.45) is 0.268. The van der Waals surface area contributed by atoms with Gasteiger partial charge in [-0.25, -0.2) is 4.98 Å². The van der Waals surface area contributed by atoms with Gasteiger partial charge in [-0.15, -0.1) is 0 Å². The number of halogens is 1. The number of rotatable bonds is 3. The van der Waals surface area contributed by atoms with Gasteiger partial charge in [0.15, 0.2) is 5.78 Å². The molecule has 0 amide bonds. The van der Waals surface area contributed by atoms with Gasteiger partial charge in [-0.05, 0) is 36.2 Å². The maximum Gasteiger partial charge on any atom is 0.185 e. The fourth-order valence-corrected chi connectivity index (χ4v) is 2.58. The van der Waals surface area contributed by atoms with Gasteiger partial charge in [-0.3, -0.25) is 4.79 Å². The number of pyridine rings is 1. The first-order valence-corrected chi connectivity index (χ1v) is 7.15. The molecule has 0 radical (unpaired) electrons. The zero-order valence-corrected chi connectivity index (χ0v) is 12.4. The lowest BCUT2D eigenvalue weighted by Gasteiger charge is -2.05. The van der Waals surface area contributed by atoms with Crippen LogP contribution < -0.4 is 0 Å². The highest BCUT2D eigenvalue weighted by Crippen LogP contribution is 2.20. The number of aryl methyl sites for hydroxylation is 1. The van der Waals surface area contributed by atoms with Crippen LogP contribution in [0.4, 0.5) is 0 Å². The number of benzene rings is 2. The van der Waals surface area contributed by atoms with E-state index >= 15 is 0 Å². The summed E-state index contributed by atoms with van der Waals surface area (Å²) in [6, 6.07) is 17.2. The van der Waals surface area contributed by atoms with Gasteiger partial charge in [0.1, 0.15) is 5.69 Å². The Hall–Kier alpha value is -2.19. The summed E-state index contributed by atoms with van der Waals surface area (Å²) >= 11 is 6.18. The molecule has 0 atom stereocenters. The predicted octanol–water partition coefficient (Wildman–Crippen LogP) is 4.62. The van der Waals surface area contributed by atoms with Crippen LogP contribution in [0.2, 0.25) is 5.02 Å². The van der Waals surface area contributed by atoms with Crippen LogP contribution in [-0.2, 0) is 6.42 Å². The summed E-state index contributed by atoms with van der Waals surface area (Å²) in [5.74, 6) is -0.0218. The molecule has 1 aromatic heterocycles. The first-order valence-electron chi connectivity index (χ1n) is 6.77. The smallest absolute Gasteiger partial charge is 0.185 e. The Morgan fingerprint density at radius 2 is 1.90 bits per heavy atom. The molecule has 21 heavy (non-hydrogen) atoms. The largest absolute Gasteiger partial charge is 0.292 e. The number of hydrogen-bond acceptors (Lipinski definition) is 2. The fourth-order valence-electron chi connectivity index (χ4n) is 2.28. The zero-order chi connectivity index (χ0) is 14.8. The van der Waals surface area contributed by atoms with Gasteiger partial charge in [-0.1, -0.05) is 48.0 Å². The van der Waals surface area contributed by atoms with Gasteiger partial charge < -0.3 is 0 Å². The van der Waals surface area contributed by atoms with Crippen LogP contribution in [0.3, 0.4) is 0 Å². The molecule has 104 valence electrons. The highest BCUT2D eigenvalue weighted by molar-refractivity contribution is 6.31. The van der Waals surface area contributed by atoms with E-state index in [0.29, 0.717) is 10.7 Å². The third-order valence-corrected chi connectivity index (χ3v) is 3.80. The van der Waals surface area contributed by atoms with Crippen molar-refractivity contribution >= 4 is 28.3 Å². The van der Waals surface area contributed by atoms with E-state index < -0.39 is 0 Å². The van der Waals surface area contributed by atoms with E-state index in [2.05, 4.69) is 4.98 Å². The van der Waals surface area contributed by atoms with Gasteiger partial charge in [0.05, 0.1) is 5.52 Å². The second-order valence-corrected chi connectivity index (χ2v) is 5.49. The van der Waals surface area contributed by atoms with Gasteiger partial charge in [0.25, 0.3) is 0 Å². The first kappa shape index (κ1) is 13.8. The van der Waals surface area contributed by atoms with Crippen molar-refractivity contribution < 1.29 is 4.79 Å². The van der Waals surface area contributed by atoms with Crippen molar-refractivity contribution in [3.8, 4) is 0 Å². The Morgan fingerprint density at radius 1 is 1.10 bits per heavy atom. The number of hydrogen-bond donors (Lipinski definition) is 0. The van der Waals surface area contributed by atoms with E-state index in [4.69, 9.17) is 11.6 Å². The molecular formula is C18H14ClNO. The molecule has 0 N–H and O–H groups in total. The molecule has 3 heteroatoms. The second kappa shape index (κ2) is 5.66. The summed E-state index contributed by atoms with van der Waals surface area (Å²) in [7, 11) is 0. The van der Waals surface area contributed by atoms with E-state index in [1.54, 1.807) is 6.07 Å². The van der Waals surface area contributed by atoms with Crippen molar-refractivity contribution in [1.82, 2.24) is 4.98 Å². The molecule has 2 aromatic carbocycles. The molecular weight excluding hydrogens is 282 g/mol. The number of fused-ring (bicyclic) bond motifs is 1. The van der Waals surface area contributed by atoms with E-state index in [1.807, 2.05) is 55.5 Å². The molecule has 0 unspecified atom stereocenters. The lowest BCUT2D eigenvalue weighted by molar-refractivity contribution is 0.0988. The number of carbonyl (C=O) groups excluding carboxylic acids is 1. The standard InChI is InChI=1S/C18H14ClNO/c1-12-6-7-14(15(19)10-12)11-18(21)17-9-8-13-4-2-3-5-16(13)20-17/h2-10H,11H2,1H3. The molecule has 3 rings (SSSR count). The Bertz CT molecular complexity index is 826. The molecule has 2 nitrogen and oxygen atoms in total. The highest BCUT2D eigenvalue weighted by atomic mass is 35.5. The number of nitrogens with zero attached hydrogens (tertiary/aromatic N) is 1. The average Bonchev–Trinajstić information content (AvgIpc) is 2.49. The predicted molar refractivity (Wildman–Crippen MR) is 86.0 cm³/mol. The summed E-state index contributed by atoms with van der Waals surface area (Å²) < 4.78 is 0. The first-order chi connectivity index (χ1) is 10.1. The van der Waals surface area contributed by atoms with Crippen molar-refractivity contribution in [2.24, 2.45) is 0 Å². The molecule has 0 aliphatic rings. The molecule has 0 saturated heterocycles. The van der Waals surface area contributed by atoms with Crippen LogP contribution in [0.5, 0.6) is 0 Å². The number of Topliss-reactive ketones (excluding diaryl/α,β-unsaturated/α-hetero) is 1. The third kappa shape index (κ3) is 2.96. The van der Waals surface area contributed by atoms with E-state index in [-0.39, 0.29) is 12.2 Å². The topological polar surface area (TPSA) is 30.0 Å². The maximum absolute atomic E-state index is 12.4. The Balaban J connectivity index is 1.89. The molecule has 0 aliphatic heterocycles. The SMILES string of the molecule is Cc1ccc(CC(=O)c2ccc3ccccc3n2)c(Cl)c1. The summed E-state index contributed by atoms with van der Waals surface area (Å²) in [4.78, 5) is 16.8. The minimum atomic E-state index is -0.0218. The van der Waals surface area contributed by atoms with Crippen LogP contribution in [-0.4, -0.2) is 10.8 Å². The molecule has 0 fully saturated rings. The summed E-state index contributed by atoms with van der Waals surface area (Å²) in [5, 5.41) is 1.66. The lowest BCUT2D eigenvalue weighted by Crippen LogP contribution is -2.06. The number of ketones is 1. The minimum Gasteiger partial charge on any atom is -0.292 e. The molecule has 3 aromatic rings. The van der Waals surface area contributed by atoms with Crippen LogP contribution in [0, 0.1) is 6.92 Å². The second-order valence-electron chi connectivity index (χ2n) is 5.08. The average molecular weight is 296 g/mol. The van der Waals surface area contributed by atoms with Crippen molar-refractivity contribution in [1.29, 1.82) is 0 Å². The summed E-state index contributed by atoms with van der Waals surface area (Å²) in [6.45, 7) is 1.97. The number of aromatic nitrogens is 1. The lowest BCUT2D eigenvalue weighted by atomic mass is 10.0. The van der Waals surface area contributed by atoms with Crippen molar-refractivity contribution in [3.63, 3.8) is 0 Å². The van der Waals surface area contributed by atoms with E-state index in [1.165, 1.54) is 0 Å². The monoisotopic (exact) mass is 295 g/mol. The third-order valence-electron chi connectivity index (χ3n) is 3.44. The van der Waals surface area contributed by atoms with Gasteiger partial charge in [-0.2, -0.15) is 0 Å². The van der Waals surface area contributed by atoms with Crippen LogP contribution in [0.15, 0.2) is 54.6 Å². The van der Waals surface area contributed by atoms with Gasteiger partial charge in [0, 0.05) is 16.8 Å².